The average molecular weight is 121 g/mol. The van der Waals surface area contributed by atoms with Gasteiger partial charge in [-0.15, -0.1) is 0 Å². The highest BCUT2D eigenvalue weighted by atomic mass is 15.0. The van der Waals surface area contributed by atoms with Crippen LogP contribution in [0.2, 0.25) is 0 Å². The number of rotatable bonds is 0. The highest BCUT2D eigenvalue weighted by Gasteiger charge is 2.02. The van der Waals surface area contributed by atoms with Crippen LogP contribution in [0.4, 0.5) is 5.82 Å². The average Bonchev–Trinajstić information content (AvgIpc) is 2.33. The summed E-state index contributed by atoms with van der Waals surface area (Å²) in [5.74, 6) is 0.980. The molecular weight excluding hydrogens is 114 g/mol. The Hall–Kier alpha value is -1.25. The molecule has 0 aliphatic carbocycles. The molecule has 0 aromatic carbocycles. The molecule has 0 fully saturated rings. The van der Waals surface area contributed by atoms with Gasteiger partial charge in [0, 0.05) is 18.3 Å². The number of fused-ring (bicyclic) bond motifs is 1. The molecule has 0 unspecified atom stereocenters. The van der Waals surface area contributed by atoms with Crippen molar-refractivity contribution < 1.29 is 0 Å². The molecule has 1 aromatic heterocycles. The first-order valence-electron chi connectivity index (χ1n) is 2.89. The van der Waals surface area contributed by atoms with E-state index >= 15 is 0 Å². The van der Waals surface area contributed by atoms with Gasteiger partial charge in [-0.1, -0.05) is 0 Å². The van der Waals surface area contributed by atoms with Crippen molar-refractivity contribution in [3.8, 4) is 0 Å². The number of aromatic amines is 1. The van der Waals surface area contributed by atoms with Crippen LogP contribution in [0.5, 0.6) is 0 Å². The van der Waals surface area contributed by atoms with Gasteiger partial charge in [0.1, 0.15) is 5.82 Å². The van der Waals surface area contributed by atoms with Crippen molar-refractivity contribution in [2.24, 2.45) is 4.99 Å². The normalized spacial score (nSPS) is 14.7. The van der Waals surface area contributed by atoms with Crippen LogP contribution >= 0.6 is 0 Å². The number of H-pyrrole nitrogens is 1. The molecule has 46 valence electrons. The summed E-state index contributed by atoms with van der Waals surface area (Å²) in [7, 11) is 0. The molecule has 0 amide bonds. The standard InChI is InChI=1S/C6H7N3/c1-2-8-6-5(1)3-7-4-9-6/h1-2,4,8H,3H2,(H,7,9). The number of aromatic nitrogens is 1. The van der Waals surface area contributed by atoms with Gasteiger partial charge >= 0.3 is 0 Å². The Labute approximate surface area is 52.8 Å². The molecule has 9 heavy (non-hydrogen) atoms. The van der Waals surface area contributed by atoms with Crippen LogP contribution in [0, 0.1) is 0 Å². The topological polar surface area (TPSA) is 40.2 Å². The molecule has 1 aliphatic rings. The van der Waals surface area contributed by atoms with Gasteiger partial charge in [-0.3, -0.25) is 0 Å². The van der Waals surface area contributed by atoms with E-state index in [4.69, 9.17) is 0 Å². The Morgan fingerprint density at radius 3 is 3.44 bits per heavy atom. The summed E-state index contributed by atoms with van der Waals surface area (Å²) in [5, 5.41) is 3.02. The molecule has 0 bridgehead atoms. The largest absolute Gasteiger partial charge is 0.372 e. The maximum absolute atomic E-state index is 4.06. The van der Waals surface area contributed by atoms with Crippen molar-refractivity contribution in [3.63, 3.8) is 0 Å². The van der Waals surface area contributed by atoms with Crippen molar-refractivity contribution in [2.45, 2.75) is 6.54 Å². The first-order chi connectivity index (χ1) is 4.47. The molecular formula is C6H7N3. The fourth-order valence-corrected chi connectivity index (χ4v) is 0.921. The fourth-order valence-electron chi connectivity index (χ4n) is 0.921. The first-order valence-corrected chi connectivity index (χ1v) is 2.89. The molecule has 0 saturated carbocycles. The highest BCUT2D eigenvalue weighted by Crippen LogP contribution is 2.16. The van der Waals surface area contributed by atoms with Crippen LogP contribution in [-0.2, 0) is 6.54 Å². The quantitative estimate of drug-likeness (QED) is 0.523. The minimum atomic E-state index is 0.891. The zero-order chi connectivity index (χ0) is 6.10. The summed E-state index contributed by atoms with van der Waals surface area (Å²) >= 11 is 0. The molecule has 0 saturated heterocycles. The third kappa shape index (κ3) is 0.614. The van der Waals surface area contributed by atoms with E-state index in [0.29, 0.717) is 0 Å². The summed E-state index contributed by atoms with van der Waals surface area (Å²) in [6.07, 6.45) is 3.61. The Bertz CT molecular complexity index is 236. The second kappa shape index (κ2) is 1.62. The van der Waals surface area contributed by atoms with Crippen LogP contribution in [0.15, 0.2) is 17.3 Å². The Morgan fingerprint density at radius 1 is 1.56 bits per heavy atom. The van der Waals surface area contributed by atoms with Crippen LogP contribution in [0.1, 0.15) is 5.56 Å². The summed E-state index contributed by atoms with van der Waals surface area (Å²) in [5.41, 5.74) is 1.23. The van der Waals surface area contributed by atoms with E-state index in [-0.39, 0.29) is 0 Å². The van der Waals surface area contributed by atoms with Gasteiger partial charge in [0.2, 0.25) is 0 Å². The van der Waals surface area contributed by atoms with Gasteiger partial charge in [0.25, 0.3) is 0 Å². The lowest BCUT2D eigenvalue weighted by Crippen LogP contribution is -2.12. The van der Waals surface area contributed by atoms with Gasteiger partial charge in [-0.25, -0.2) is 4.99 Å². The molecule has 0 atom stereocenters. The smallest absolute Gasteiger partial charge is 0.136 e. The van der Waals surface area contributed by atoms with Crippen LogP contribution < -0.4 is 5.32 Å². The van der Waals surface area contributed by atoms with Gasteiger partial charge in [-0.05, 0) is 6.07 Å². The lowest BCUT2D eigenvalue weighted by molar-refractivity contribution is 0.913. The molecule has 1 aliphatic heterocycles. The summed E-state index contributed by atoms with van der Waals surface area (Å²) in [4.78, 5) is 7.08. The second-order valence-electron chi connectivity index (χ2n) is 1.99. The third-order valence-corrected chi connectivity index (χ3v) is 1.39. The Balaban J connectivity index is 2.53. The van der Waals surface area contributed by atoms with E-state index in [1.807, 2.05) is 12.3 Å². The lowest BCUT2D eigenvalue weighted by Gasteiger charge is -2.04. The van der Waals surface area contributed by atoms with E-state index in [0.717, 1.165) is 12.4 Å². The van der Waals surface area contributed by atoms with Crippen LogP contribution in [0.3, 0.4) is 0 Å². The highest BCUT2D eigenvalue weighted by molar-refractivity contribution is 5.64. The molecule has 2 N–H and O–H groups in total. The van der Waals surface area contributed by atoms with Crippen molar-refractivity contribution >= 4 is 12.2 Å². The van der Waals surface area contributed by atoms with E-state index in [9.17, 15) is 0 Å². The van der Waals surface area contributed by atoms with E-state index in [1.165, 1.54) is 5.56 Å². The van der Waals surface area contributed by atoms with Crippen molar-refractivity contribution in [1.82, 2.24) is 10.3 Å². The number of nitrogens with zero attached hydrogens (tertiary/aromatic N) is 1. The van der Waals surface area contributed by atoms with Crippen molar-refractivity contribution in [1.29, 1.82) is 0 Å². The lowest BCUT2D eigenvalue weighted by atomic mass is 10.3. The molecule has 2 rings (SSSR count). The maximum atomic E-state index is 4.06. The number of hydrogen-bond acceptors (Lipinski definition) is 2. The number of aliphatic imine (C=N–C) groups is 1. The zero-order valence-corrected chi connectivity index (χ0v) is 4.89. The van der Waals surface area contributed by atoms with Crippen LogP contribution in [0.25, 0.3) is 0 Å². The predicted octanol–water partition coefficient (Wildman–Crippen LogP) is 0.778. The summed E-state index contributed by atoms with van der Waals surface area (Å²) < 4.78 is 0. The van der Waals surface area contributed by atoms with Gasteiger partial charge in [0.15, 0.2) is 0 Å². The molecule has 1 aromatic rings. The van der Waals surface area contributed by atoms with Crippen LogP contribution in [-0.4, -0.2) is 11.3 Å². The minimum Gasteiger partial charge on any atom is -0.372 e. The monoisotopic (exact) mass is 121 g/mol. The third-order valence-electron chi connectivity index (χ3n) is 1.39. The number of nitrogens with one attached hydrogen (secondary N) is 2. The molecule has 2 heterocycles. The van der Waals surface area contributed by atoms with Crippen molar-refractivity contribution in [3.05, 3.63) is 17.8 Å². The zero-order valence-electron chi connectivity index (χ0n) is 4.89. The molecule has 3 heteroatoms. The van der Waals surface area contributed by atoms with E-state index < -0.39 is 0 Å². The predicted molar refractivity (Wildman–Crippen MR) is 35.8 cm³/mol. The number of hydrogen-bond donors (Lipinski definition) is 2. The van der Waals surface area contributed by atoms with E-state index in [2.05, 4.69) is 15.3 Å². The Kier molecular flexibility index (Phi) is 0.828. The molecule has 0 spiro atoms. The fraction of sp³-hybridized carbons (Fsp3) is 0.167. The summed E-state index contributed by atoms with van der Waals surface area (Å²) in [6.45, 7) is 0.891. The van der Waals surface area contributed by atoms with Gasteiger partial charge in [-0.2, -0.15) is 0 Å². The second-order valence-corrected chi connectivity index (χ2v) is 1.99. The minimum absolute atomic E-state index is 0.891. The maximum Gasteiger partial charge on any atom is 0.136 e. The Morgan fingerprint density at radius 2 is 2.56 bits per heavy atom. The van der Waals surface area contributed by atoms with Crippen molar-refractivity contribution in [2.75, 3.05) is 0 Å². The first kappa shape index (κ1) is 4.61. The van der Waals surface area contributed by atoms with Gasteiger partial charge in [0.05, 0.1) is 6.34 Å². The SMILES string of the molecule is C1=Nc2[nH]ccc2CN1. The van der Waals surface area contributed by atoms with E-state index in [1.54, 1.807) is 6.34 Å². The molecule has 0 radical (unpaired) electrons. The molecule has 3 nitrogen and oxygen atoms in total. The van der Waals surface area contributed by atoms with Gasteiger partial charge < -0.3 is 10.3 Å². The summed E-state index contributed by atoms with van der Waals surface area (Å²) in [6, 6.07) is 2.03.